The number of hydrogen-bond acceptors (Lipinski definition) is 4. The molecular weight excluding hydrogens is 326 g/mol. The summed E-state index contributed by atoms with van der Waals surface area (Å²) in [5, 5.41) is 2.65. The maximum Gasteiger partial charge on any atom is 0.254 e. The second-order valence-corrected chi connectivity index (χ2v) is 5.19. The zero-order valence-corrected chi connectivity index (χ0v) is 13.1. The molecule has 0 aliphatic rings. The molecule has 0 aliphatic carbocycles. The van der Waals surface area contributed by atoms with Crippen LogP contribution in [0, 0.1) is 0 Å². The Morgan fingerprint density at radius 2 is 2.10 bits per heavy atom. The van der Waals surface area contributed by atoms with Crippen molar-refractivity contribution < 1.29 is 14.3 Å². The van der Waals surface area contributed by atoms with Crippen LogP contribution in [0.25, 0.3) is 0 Å². The topological polar surface area (TPSA) is 84.7 Å². The molecule has 0 aliphatic heterocycles. The van der Waals surface area contributed by atoms with Crippen molar-refractivity contribution in [3.05, 3.63) is 28.2 Å². The minimum absolute atomic E-state index is 0.0189. The molecule has 0 spiro atoms. The third-order valence-corrected chi connectivity index (χ3v) is 2.98. The Morgan fingerprint density at radius 3 is 2.70 bits per heavy atom. The summed E-state index contributed by atoms with van der Waals surface area (Å²) in [6, 6.07) is 4.94. The molecule has 0 radical (unpaired) electrons. The van der Waals surface area contributed by atoms with E-state index >= 15 is 0 Å². The number of likely N-dealkylation sites (N-methyl/N-ethyl adjacent to an activating group) is 1. The van der Waals surface area contributed by atoms with E-state index in [2.05, 4.69) is 21.2 Å². The van der Waals surface area contributed by atoms with E-state index in [4.69, 9.17) is 10.5 Å². The van der Waals surface area contributed by atoms with E-state index in [1.807, 2.05) is 0 Å². The van der Waals surface area contributed by atoms with Gasteiger partial charge in [0.15, 0.2) is 0 Å². The van der Waals surface area contributed by atoms with Crippen LogP contribution in [0.3, 0.4) is 0 Å². The fourth-order valence-electron chi connectivity index (χ4n) is 1.59. The molecule has 1 rings (SSSR count). The van der Waals surface area contributed by atoms with Gasteiger partial charge in [-0.15, -0.1) is 0 Å². The van der Waals surface area contributed by atoms with Crippen LogP contribution in [0.5, 0.6) is 0 Å². The van der Waals surface area contributed by atoms with E-state index in [9.17, 15) is 9.59 Å². The van der Waals surface area contributed by atoms with Crippen LogP contribution in [-0.2, 0) is 9.53 Å². The van der Waals surface area contributed by atoms with E-state index in [-0.39, 0.29) is 18.4 Å². The molecule has 0 aromatic heterocycles. The van der Waals surface area contributed by atoms with Gasteiger partial charge in [0.25, 0.3) is 5.91 Å². The van der Waals surface area contributed by atoms with Crippen molar-refractivity contribution in [1.82, 2.24) is 10.2 Å². The highest BCUT2D eigenvalue weighted by molar-refractivity contribution is 9.10. The Hall–Kier alpha value is -1.60. The number of rotatable bonds is 6. The molecular formula is C13H18BrN3O3. The number of amides is 2. The number of ether oxygens (including phenoxy) is 1. The van der Waals surface area contributed by atoms with Crippen LogP contribution in [-0.4, -0.2) is 50.6 Å². The molecule has 0 heterocycles. The van der Waals surface area contributed by atoms with Crippen molar-refractivity contribution in [1.29, 1.82) is 0 Å². The number of anilines is 1. The molecule has 2 amide bonds. The lowest BCUT2D eigenvalue weighted by atomic mass is 10.2. The number of nitrogens with one attached hydrogen (secondary N) is 1. The van der Waals surface area contributed by atoms with Crippen LogP contribution >= 0.6 is 15.9 Å². The predicted octanol–water partition coefficient (Wildman–Crippen LogP) is 0.866. The van der Waals surface area contributed by atoms with E-state index in [1.54, 1.807) is 32.4 Å². The van der Waals surface area contributed by atoms with Gasteiger partial charge < -0.3 is 20.7 Å². The summed E-state index contributed by atoms with van der Waals surface area (Å²) in [6.07, 6.45) is 0. The summed E-state index contributed by atoms with van der Waals surface area (Å²) in [4.78, 5) is 25.1. The average Bonchev–Trinajstić information content (AvgIpc) is 2.36. The largest absolute Gasteiger partial charge is 0.399 e. The lowest BCUT2D eigenvalue weighted by Gasteiger charge is -2.17. The van der Waals surface area contributed by atoms with Crippen LogP contribution in [0.4, 0.5) is 5.69 Å². The number of halogens is 1. The molecule has 0 fully saturated rings. The highest BCUT2D eigenvalue weighted by Crippen LogP contribution is 2.18. The first kappa shape index (κ1) is 16.5. The van der Waals surface area contributed by atoms with Gasteiger partial charge in [-0.1, -0.05) is 15.9 Å². The Kier molecular flexibility index (Phi) is 6.47. The number of carbonyl (C=O) groups excluding carboxylic acids is 2. The number of nitrogen functional groups attached to an aromatic ring is 1. The summed E-state index contributed by atoms with van der Waals surface area (Å²) < 4.78 is 5.55. The van der Waals surface area contributed by atoms with E-state index in [0.29, 0.717) is 24.4 Å². The van der Waals surface area contributed by atoms with E-state index in [0.717, 1.165) is 4.47 Å². The number of carbonyl (C=O) groups is 2. The first-order valence-corrected chi connectivity index (χ1v) is 6.80. The molecule has 110 valence electrons. The van der Waals surface area contributed by atoms with Crippen molar-refractivity contribution in [2.45, 2.75) is 0 Å². The molecule has 1 aromatic rings. The number of methoxy groups -OCH3 is 1. The predicted molar refractivity (Wildman–Crippen MR) is 80.4 cm³/mol. The highest BCUT2D eigenvalue weighted by atomic mass is 79.9. The lowest BCUT2D eigenvalue weighted by Crippen LogP contribution is -2.39. The quantitative estimate of drug-likeness (QED) is 0.592. The molecule has 0 saturated heterocycles. The second kappa shape index (κ2) is 7.86. The monoisotopic (exact) mass is 343 g/mol. The zero-order chi connectivity index (χ0) is 15.1. The van der Waals surface area contributed by atoms with Gasteiger partial charge >= 0.3 is 0 Å². The Morgan fingerprint density at radius 1 is 1.40 bits per heavy atom. The van der Waals surface area contributed by atoms with Crippen molar-refractivity contribution in [2.75, 3.05) is 39.6 Å². The van der Waals surface area contributed by atoms with Crippen LogP contribution in [0.2, 0.25) is 0 Å². The normalized spacial score (nSPS) is 10.2. The van der Waals surface area contributed by atoms with Gasteiger partial charge in [0.05, 0.1) is 13.2 Å². The molecule has 20 heavy (non-hydrogen) atoms. The molecule has 0 saturated carbocycles. The van der Waals surface area contributed by atoms with Crippen molar-refractivity contribution in [2.24, 2.45) is 0 Å². The van der Waals surface area contributed by atoms with E-state index < -0.39 is 0 Å². The summed E-state index contributed by atoms with van der Waals surface area (Å²) in [6.45, 7) is 0.835. The molecule has 6 nitrogen and oxygen atoms in total. The van der Waals surface area contributed by atoms with Crippen molar-refractivity contribution in [3.63, 3.8) is 0 Å². The van der Waals surface area contributed by atoms with Crippen LogP contribution in [0.15, 0.2) is 22.7 Å². The van der Waals surface area contributed by atoms with Gasteiger partial charge in [-0.25, -0.2) is 0 Å². The third-order valence-electron chi connectivity index (χ3n) is 2.52. The van der Waals surface area contributed by atoms with Crippen molar-refractivity contribution >= 4 is 33.4 Å². The summed E-state index contributed by atoms with van der Waals surface area (Å²) in [7, 11) is 3.12. The lowest BCUT2D eigenvalue weighted by molar-refractivity contribution is -0.121. The first-order valence-electron chi connectivity index (χ1n) is 6.01. The standard InChI is InChI=1S/C13H18BrN3O3/c1-17(8-12(18)16-3-4-20-2)13(19)9-5-10(14)7-11(15)6-9/h5-7H,3-4,8,15H2,1-2H3,(H,16,18). The Bertz CT molecular complexity index is 473. The Labute approximate surface area is 126 Å². The molecule has 3 N–H and O–H groups in total. The van der Waals surface area contributed by atoms with Crippen LogP contribution < -0.4 is 11.1 Å². The molecule has 0 bridgehead atoms. The van der Waals surface area contributed by atoms with Gasteiger partial charge in [-0.2, -0.15) is 0 Å². The number of hydrogen-bond donors (Lipinski definition) is 2. The van der Waals surface area contributed by atoms with Gasteiger partial charge in [0, 0.05) is 36.4 Å². The molecule has 1 aromatic carbocycles. The average molecular weight is 344 g/mol. The summed E-state index contributed by atoms with van der Waals surface area (Å²) in [5.41, 5.74) is 6.61. The van der Waals surface area contributed by atoms with E-state index in [1.165, 1.54) is 4.90 Å². The minimum Gasteiger partial charge on any atom is -0.399 e. The molecule has 0 atom stereocenters. The summed E-state index contributed by atoms with van der Waals surface area (Å²) >= 11 is 3.28. The zero-order valence-electron chi connectivity index (χ0n) is 11.5. The first-order chi connectivity index (χ1) is 9.43. The smallest absolute Gasteiger partial charge is 0.254 e. The van der Waals surface area contributed by atoms with Crippen LogP contribution in [0.1, 0.15) is 10.4 Å². The number of nitrogens with zero attached hydrogens (tertiary/aromatic N) is 1. The molecule has 7 heteroatoms. The van der Waals surface area contributed by atoms with Crippen molar-refractivity contribution in [3.8, 4) is 0 Å². The maximum atomic E-state index is 12.2. The van der Waals surface area contributed by atoms with Gasteiger partial charge in [0.2, 0.25) is 5.91 Å². The second-order valence-electron chi connectivity index (χ2n) is 4.28. The molecule has 0 unspecified atom stereocenters. The minimum atomic E-state index is -0.264. The fourth-order valence-corrected chi connectivity index (χ4v) is 2.10. The number of benzene rings is 1. The number of nitrogens with two attached hydrogens (primary N) is 1. The fraction of sp³-hybridized carbons (Fsp3) is 0.385. The van der Waals surface area contributed by atoms with Gasteiger partial charge in [0.1, 0.15) is 0 Å². The highest BCUT2D eigenvalue weighted by Gasteiger charge is 2.15. The third kappa shape index (κ3) is 5.18. The van der Waals surface area contributed by atoms with Gasteiger partial charge in [-0.05, 0) is 18.2 Å². The maximum absolute atomic E-state index is 12.2. The Balaban J connectivity index is 2.60. The SMILES string of the molecule is COCCNC(=O)CN(C)C(=O)c1cc(N)cc(Br)c1. The van der Waals surface area contributed by atoms with Gasteiger partial charge in [-0.3, -0.25) is 9.59 Å². The summed E-state index contributed by atoms with van der Waals surface area (Å²) in [5.74, 6) is -0.499.